The Bertz CT molecular complexity index is 770. The van der Waals surface area contributed by atoms with Crippen LogP contribution < -0.4 is 0 Å². The third kappa shape index (κ3) is 2.85. The van der Waals surface area contributed by atoms with Crippen LogP contribution in [0.15, 0.2) is 60.7 Å². The van der Waals surface area contributed by atoms with Crippen LogP contribution in [0.25, 0.3) is 0 Å². The van der Waals surface area contributed by atoms with Crippen LogP contribution >= 0.6 is 0 Å². The first-order valence-corrected chi connectivity index (χ1v) is 11.6. The summed E-state index contributed by atoms with van der Waals surface area (Å²) in [4.78, 5) is 1.15. The molecule has 2 nitrogen and oxygen atoms in total. The molecule has 0 amide bonds. The predicted octanol–water partition coefficient (Wildman–Crippen LogP) is 3.58. The Morgan fingerprint density at radius 1 is 0.913 bits per heavy atom. The zero-order chi connectivity index (χ0) is 15.6. The minimum absolute atomic E-state index is 0.201. The second-order valence-corrected chi connectivity index (χ2v) is 10.1. The molecule has 1 aromatic heterocycles. The van der Waals surface area contributed by atoms with Crippen LogP contribution in [-0.2, 0) is 0 Å². The van der Waals surface area contributed by atoms with Crippen LogP contribution in [0.1, 0.15) is 50.2 Å². The van der Waals surface area contributed by atoms with Crippen LogP contribution in [0.4, 0.5) is 0 Å². The number of benzene rings is 2. The van der Waals surface area contributed by atoms with E-state index in [0.717, 1.165) is 6.42 Å². The average molecular weight is 432 g/mol. The molecule has 0 N–H and O–H groups in total. The van der Waals surface area contributed by atoms with Crippen molar-refractivity contribution in [1.29, 1.82) is 0 Å². The molecule has 23 heavy (non-hydrogen) atoms. The first-order valence-electron chi connectivity index (χ1n) is 7.96. The van der Waals surface area contributed by atoms with E-state index >= 15 is 0 Å². The van der Waals surface area contributed by atoms with Crippen LogP contribution in [0.2, 0.25) is 0 Å². The fourth-order valence-corrected chi connectivity index (χ4v) is 9.44. The first-order chi connectivity index (χ1) is 11.4. The topological polar surface area (TPSA) is 25.8 Å². The van der Waals surface area contributed by atoms with E-state index in [-0.39, 0.29) is 14.7 Å². The number of hydrogen-bond acceptors (Lipinski definition) is 2. The molecule has 3 atom stereocenters. The molecule has 0 saturated carbocycles. The molecule has 4 rings (SSSR count). The minimum atomic E-state index is 0.201. The van der Waals surface area contributed by atoms with Crippen LogP contribution in [-0.4, -0.2) is 38.9 Å². The third-order valence-electron chi connectivity index (χ3n) is 4.45. The zero-order valence-electron chi connectivity index (χ0n) is 12.9. The van der Waals surface area contributed by atoms with E-state index < -0.39 is 0 Å². The Balaban J connectivity index is 1.81. The summed E-state index contributed by atoms with van der Waals surface area (Å²) in [5.74, 6) is 0.542. The van der Waals surface area contributed by atoms with E-state index in [0.29, 0.717) is 30.5 Å². The van der Waals surface area contributed by atoms with Crippen molar-refractivity contribution in [3.63, 3.8) is 0 Å². The van der Waals surface area contributed by atoms with E-state index in [1.165, 1.54) is 16.8 Å². The van der Waals surface area contributed by atoms with Gasteiger partial charge in [0.1, 0.15) is 0 Å². The third-order valence-corrected chi connectivity index (χ3v) is 10.4. The van der Waals surface area contributed by atoms with Crippen LogP contribution in [0.3, 0.4) is 0 Å². The van der Waals surface area contributed by atoms with Crippen molar-refractivity contribution < 1.29 is 0 Å². The molecule has 2 heterocycles. The van der Waals surface area contributed by atoms with Gasteiger partial charge in [0.2, 0.25) is 0 Å². The number of hydrogen-bond donors (Lipinski definition) is 0. The molecule has 2 aromatic carbocycles. The van der Waals surface area contributed by atoms with Gasteiger partial charge in [0.05, 0.1) is 0 Å². The van der Waals surface area contributed by atoms with Crippen molar-refractivity contribution in [3.8, 4) is 0 Å². The van der Waals surface area contributed by atoms with Gasteiger partial charge in [-0.2, -0.15) is 0 Å². The van der Waals surface area contributed by atoms with Gasteiger partial charge in [-0.15, -0.1) is 0 Å². The van der Waals surface area contributed by atoms with Gasteiger partial charge in [-0.1, -0.05) is 0 Å². The summed E-state index contributed by atoms with van der Waals surface area (Å²) < 4.78 is 6.00. The molecule has 3 aromatic rings. The second kappa shape index (κ2) is 6.75. The Labute approximate surface area is 149 Å². The molecule has 0 radical (unpaired) electrons. The van der Waals surface area contributed by atoms with Crippen molar-refractivity contribution >= 4 is 29.7 Å². The molecular formula is C19H18N2Se2. The molecule has 3 unspecified atom stereocenters. The number of fused-ring (bicyclic) bond motifs is 1. The SMILES string of the molecule is CCC1c2nn[se]c2C(c2ccccc2)[Se]C1c1ccccc1. The summed E-state index contributed by atoms with van der Waals surface area (Å²) in [6.45, 7) is 2.30. The van der Waals surface area contributed by atoms with Crippen molar-refractivity contribution in [2.24, 2.45) is 0 Å². The summed E-state index contributed by atoms with van der Waals surface area (Å²) in [7, 11) is 0. The molecule has 0 aliphatic carbocycles. The van der Waals surface area contributed by atoms with Gasteiger partial charge < -0.3 is 0 Å². The molecule has 4 heteroatoms. The van der Waals surface area contributed by atoms with Crippen molar-refractivity contribution in [3.05, 3.63) is 81.9 Å². The van der Waals surface area contributed by atoms with E-state index in [1.54, 1.807) is 4.44 Å². The predicted molar refractivity (Wildman–Crippen MR) is 95.2 cm³/mol. The van der Waals surface area contributed by atoms with Crippen molar-refractivity contribution in [2.75, 3.05) is 0 Å². The molecule has 116 valence electrons. The molecule has 0 fully saturated rings. The zero-order valence-corrected chi connectivity index (χ0v) is 16.3. The van der Waals surface area contributed by atoms with E-state index in [4.69, 9.17) is 0 Å². The molecule has 1 aliphatic heterocycles. The quantitative estimate of drug-likeness (QED) is 0.592. The normalized spacial score (nSPS) is 23.4. The van der Waals surface area contributed by atoms with Crippen molar-refractivity contribution in [2.45, 2.75) is 28.9 Å². The van der Waals surface area contributed by atoms with Gasteiger partial charge in [-0.3, -0.25) is 0 Å². The Morgan fingerprint density at radius 3 is 2.22 bits per heavy atom. The van der Waals surface area contributed by atoms with Gasteiger partial charge >= 0.3 is 150 Å². The van der Waals surface area contributed by atoms with Gasteiger partial charge in [-0.05, 0) is 0 Å². The Morgan fingerprint density at radius 2 is 1.57 bits per heavy atom. The summed E-state index contributed by atoms with van der Waals surface area (Å²) >= 11 is 0.700. The summed E-state index contributed by atoms with van der Waals surface area (Å²) in [6, 6.07) is 22.0. The maximum atomic E-state index is 4.60. The average Bonchev–Trinajstić information content (AvgIpc) is 3.11. The van der Waals surface area contributed by atoms with Crippen molar-refractivity contribution in [1.82, 2.24) is 9.19 Å². The van der Waals surface area contributed by atoms with E-state index in [9.17, 15) is 0 Å². The van der Waals surface area contributed by atoms with Gasteiger partial charge in [0, 0.05) is 0 Å². The molecule has 0 bridgehead atoms. The fraction of sp³-hybridized carbons (Fsp3) is 0.263. The Kier molecular flexibility index (Phi) is 4.50. The first kappa shape index (κ1) is 15.4. The summed E-state index contributed by atoms with van der Waals surface area (Å²) in [6.07, 6.45) is 1.15. The second-order valence-electron chi connectivity index (χ2n) is 5.80. The molecule has 1 aliphatic rings. The fourth-order valence-electron chi connectivity index (χ4n) is 3.31. The maximum absolute atomic E-state index is 4.60. The molecular weight excluding hydrogens is 414 g/mol. The number of nitrogens with zero attached hydrogens (tertiary/aromatic N) is 2. The monoisotopic (exact) mass is 434 g/mol. The van der Waals surface area contributed by atoms with Gasteiger partial charge in [-0.25, -0.2) is 0 Å². The summed E-state index contributed by atoms with van der Waals surface area (Å²) in [5, 5.41) is 4.60. The van der Waals surface area contributed by atoms with E-state index in [2.05, 4.69) is 76.8 Å². The standard InChI is InChI=1S/C19H18N2Se2/c1-2-15-16-19(23-21-20-16)18(14-11-7-4-8-12-14)22-17(15)13-9-5-3-6-10-13/h3-12,15,17-18H,2H2,1H3. The Hall–Kier alpha value is -1.18. The van der Waals surface area contributed by atoms with Gasteiger partial charge in [0.25, 0.3) is 0 Å². The van der Waals surface area contributed by atoms with E-state index in [1.807, 2.05) is 0 Å². The molecule has 0 spiro atoms. The number of rotatable bonds is 3. The van der Waals surface area contributed by atoms with Gasteiger partial charge in [0.15, 0.2) is 0 Å². The molecule has 0 saturated heterocycles. The van der Waals surface area contributed by atoms with Crippen LogP contribution in [0.5, 0.6) is 0 Å². The van der Waals surface area contributed by atoms with Crippen LogP contribution in [0, 0.1) is 0 Å². The summed E-state index contributed by atoms with van der Waals surface area (Å²) in [5.41, 5.74) is 4.23. The number of aromatic nitrogens is 2.